The third-order valence-electron chi connectivity index (χ3n) is 6.00. The predicted molar refractivity (Wildman–Crippen MR) is 124 cm³/mol. The lowest BCUT2D eigenvalue weighted by atomic mass is 10.0. The van der Waals surface area contributed by atoms with Crippen molar-refractivity contribution in [3.63, 3.8) is 0 Å². The Balaban J connectivity index is 1.14. The Bertz CT molecular complexity index is 796. The smallest absolute Gasteiger partial charge is 0.193 e. The fraction of sp³-hybridized carbons (Fsp3) is 0.583. The highest BCUT2D eigenvalue weighted by molar-refractivity contribution is 7.11. The minimum Gasteiger partial charge on any atom is -0.376 e. The molecule has 1 unspecified atom stereocenters. The average molecular weight is 427 g/mol. The van der Waals surface area contributed by atoms with Crippen LogP contribution in [0.2, 0.25) is 0 Å². The van der Waals surface area contributed by atoms with Gasteiger partial charge in [-0.15, -0.1) is 11.3 Å². The van der Waals surface area contributed by atoms with E-state index in [4.69, 9.17) is 9.72 Å². The maximum absolute atomic E-state index is 5.95. The maximum atomic E-state index is 5.95. The number of guanidine groups is 1. The number of nitrogens with zero attached hydrogens (tertiary/aromatic N) is 3. The molecule has 1 atom stereocenters. The highest BCUT2D eigenvalue weighted by Gasteiger charge is 2.25. The van der Waals surface area contributed by atoms with Crippen LogP contribution in [0.25, 0.3) is 0 Å². The van der Waals surface area contributed by atoms with Crippen LogP contribution in [0.15, 0.2) is 35.3 Å². The van der Waals surface area contributed by atoms with E-state index < -0.39 is 0 Å². The Kier molecular flexibility index (Phi) is 7.76. The molecule has 1 aliphatic carbocycles. The first kappa shape index (κ1) is 21.3. The second-order valence-corrected chi connectivity index (χ2v) is 9.53. The average Bonchev–Trinajstić information content (AvgIpc) is 3.41. The number of rotatable bonds is 8. The van der Waals surface area contributed by atoms with Crippen molar-refractivity contribution in [2.24, 2.45) is 10.9 Å². The van der Waals surface area contributed by atoms with Crippen LogP contribution in [0.5, 0.6) is 0 Å². The number of likely N-dealkylation sites (tertiary alicyclic amines) is 1. The zero-order valence-corrected chi connectivity index (χ0v) is 18.9. The quantitative estimate of drug-likeness (QED) is 0.393. The SMILES string of the molecule is CN=C(NCCCc1nc2c(s1)CCCC2)N1CCC(COCc2ccccc2)C1. The van der Waals surface area contributed by atoms with Crippen molar-refractivity contribution in [3.8, 4) is 0 Å². The molecule has 0 bridgehead atoms. The van der Waals surface area contributed by atoms with Gasteiger partial charge in [-0.1, -0.05) is 30.3 Å². The molecule has 1 N–H and O–H groups in total. The number of fused-ring (bicyclic) bond motifs is 1. The molecule has 162 valence electrons. The molecule has 0 spiro atoms. The summed E-state index contributed by atoms with van der Waals surface area (Å²) in [5.74, 6) is 1.60. The third-order valence-corrected chi connectivity index (χ3v) is 7.22. The molecule has 4 rings (SSSR count). The highest BCUT2D eigenvalue weighted by Crippen LogP contribution is 2.27. The molecule has 30 heavy (non-hydrogen) atoms. The zero-order chi connectivity index (χ0) is 20.6. The Morgan fingerprint density at radius 2 is 2.13 bits per heavy atom. The predicted octanol–water partition coefficient (Wildman–Crippen LogP) is 4.07. The van der Waals surface area contributed by atoms with E-state index in [0.29, 0.717) is 12.5 Å². The van der Waals surface area contributed by atoms with Crippen molar-refractivity contribution in [1.29, 1.82) is 0 Å². The second-order valence-electron chi connectivity index (χ2n) is 8.36. The van der Waals surface area contributed by atoms with Crippen LogP contribution in [0.1, 0.15) is 46.8 Å². The van der Waals surface area contributed by atoms with Gasteiger partial charge in [0, 0.05) is 43.9 Å². The zero-order valence-electron chi connectivity index (χ0n) is 18.1. The Morgan fingerprint density at radius 3 is 2.97 bits per heavy atom. The van der Waals surface area contributed by atoms with Gasteiger partial charge in [0.1, 0.15) is 0 Å². The van der Waals surface area contributed by atoms with Crippen LogP contribution in [-0.2, 0) is 30.6 Å². The van der Waals surface area contributed by atoms with E-state index in [2.05, 4.69) is 39.5 Å². The van der Waals surface area contributed by atoms with Crippen LogP contribution in [0, 0.1) is 5.92 Å². The molecule has 0 amide bonds. The number of benzene rings is 1. The molecule has 1 saturated heterocycles. The van der Waals surface area contributed by atoms with Crippen LogP contribution < -0.4 is 5.32 Å². The van der Waals surface area contributed by atoms with Crippen LogP contribution >= 0.6 is 11.3 Å². The fourth-order valence-electron chi connectivity index (χ4n) is 4.36. The first-order chi connectivity index (χ1) is 14.8. The summed E-state index contributed by atoms with van der Waals surface area (Å²) in [5.41, 5.74) is 2.62. The van der Waals surface area contributed by atoms with Crippen LogP contribution in [0.3, 0.4) is 0 Å². The number of aliphatic imine (C=N–C) groups is 1. The number of hydrogen-bond acceptors (Lipinski definition) is 4. The molecule has 1 aromatic carbocycles. The fourth-order valence-corrected chi connectivity index (χ4v) is 5.56. The second kappa shape index (κ2) is 10.9. The third kappa shape index (κ3) is 5.82. The molecule has 2 heterocycles. The normalized spacial score (nSPS) is 19.2. The standard InChI is InChI=1S/C24H34N4OS/c1-25-24(26-14-7-12-23-27-21-10-5-6-11-22(21)30-23)28-15-13-20(16-28)18-29-17-19-8-3-2-4-9-19/h2-4,8-9,20H,5-7,10-18H2,1H3,(H,25,26). The van der Waals surface area contributed by atoms with Crippen molar-refractivity contribution < 1.29 is 4.74 Å². The van der Waals surface area contributed by atoms with Crippen molar-refractivity contribution in [2.45, 2.75) is 51.6 Å². The Morgan fingerprint density at radius 1 is 1.27 bits per heavy atom. The van der Waals surface area contributed by atoms with E-state index in [-0.39, 0.29) is 0 Å². The lowest BCUT2D eigenvalue weighted by Gasteiger charge is -2.21. The molecule has 1 fully saturated rings. The van der Waals surface area contributed by atoms with Gasteiger partial charge >= 0.3 is 0 Å². The molecular formula is C24H34N4OS. The molecule has 0 saturated carbocycles. The molecular weight excluding hydrogens is 392 g/mol. The number of aryl methyl sites for hydroxylation is 3. The Labute approximate surface area is 184 Å². The monoisotopic (exact) mass is 426 g/mol. The molecule has 2 aromatic rings. The van der Waals surface area contributed by atoms with E-state index in [0.717, 1.165) is 45.0 Å². The van der Waals surface area contributed by atoms with E-state index in [1.54, 1.807) is 0 Å². The number of thiazole rings is 1. The van der Waals surface area contributed by atoms with Crippen molar-refractivity contribution in [1.82, 2.24) is 15.2 Å². The van der Waals surface area contributed by atoms with Gasteiger partial charge < -0.3 is 15.0 Å². The first-order valence-electron chi connectivity index (χ1n) is 11.4. The Hall–Kier alpha value is -1.92. The number of aromatic nitrogens is 1. The molecule has 2 aliphatic rings. The largest absolute Gasteiger partial charge is 0.376 e. The van der Waals surface area contributed by atoms with Crippen molar-refractivity contribution in [3.05, 3.63) is 51.5 Å². The van der Waals surface area contributed by atoms with Gasteiger partial charge in [0.15, 0.2) is 5.96 Å². The number of ether oxygens (including phenoxy) is 1. The number of hydrogen-bond donors (Lipinski definition) is 1. The highest BCUT2D eigenvalue weighted by atomic mass is 32.1. The minimum absolute atomic E-state index is 0.578. The summed E-state index contributed by atoms with van der Waals surface area (Å²) in [7, 11) is 1.89. The van der Waals surface area contributed by atoms with Gasteiger partial charge in [0.25, 0.3) is 0 Å². The lowest BCUT2D eigenvalue weighted by molar-refractivity contribution is 0.0907. The van der Waals surface area contributed by atoms with Gasteiger partial charge in [-0.25, -0.2) is 4.98 Å². The van der Waals surface area contributed by atoms with Crippen molar-refractivity contribution >= 4 is 17.3 Å². The molecule has 5 nitrogen and oxygen atoms in total. The van der Waals surface area contributed by atoms with Gasteiger partial charge in [-0.3, -0.25) is 4.99 Å². The maximum Gasteiger partial charge on any atom is 0.193 e. The number of nitrogens with one attached hydrogen (secondary N) is 1. The first-order valence-corrected chi connectivity index (χ1v) is 12.2. The molecule has 1 aromatic heterocycles. The van der Waals surface area contributed by atoms with E-state index >= 15 is 0 Å². The lowest BCUT2D eigenvalue weighted by Crippen LogP contribution is -2.40. The molecule has 0 radical (unpaired) electrons. The van der Waals surface area contributed by atoms with Gasteiger partial charge in [0.2, 0.25) is 0 Å². The summed E-state index contributed by atoms with van der Waals surface area (Å²) in [5, 5.41) is 4.87. The molecule has 6 heteroatoms. The van der Waals surface area contributed by atoms with Gasteiger partial charge in [0.05, 0.1) is 23.9 Å². The van der Waals surface area contributed by atoms with E-state index in [9.17, 15) is 0 Å². The van der Waals surface area contributed by atoms with E-state index in [1.807, 2.05) is 24.5 Å². The summed E-state index contributed by atoms with van der Waals surface area (Å²) in [6, 6.07) is 10.4. The summed E-state index contributed by atoms with van der Waals surface area (Å²) >= 11 is 1.94. The summed E-state index contributed by atoms with van der Waals surface area (Å²) in [4.78, 5) is 13.3. The summed E-state index contributed by atoms with van der Waals surface area (Å²) < 4.78 is 5.95. The van der Waals surface area contributed by atoms with Gasteiger partial charge in [-0.2, -0.15) is 0 Å². The van der Waals surface area contributed by atoms with Crippen LogP contribution in [-0.4, -0.2) is 49.1 Å². The van der Waals surface area contributed by atoms with Crippen LogP contribution in [0.4, 0.5) is 0 Å². The van der Waals surface area contributed by atoms with Gasteiger partial charge in [-0.05, 0) is 44.1 Å². The molecule has 1 aliphatic heterocycles. The summed E-state index contributed by atoms with van der Waals surface area (Å²) in [6.45, 7) is 4.54. The van der Waals surface area contributed by atoms with Crippen molar-refractivity contribution in [2.75, 3.05) is 33.3 Å². The minimum atomic E-state index is 0.578. The van der Waals surface area contributed by atoms with E-state index in [1.165, 1.54) is 53.2 Å². The topological polar surface area (TPSA) is 49.8 Å². The summed E-state index contributed by atoms with van der Waals surface area (Å²) in [6.07, 6.45) is 8.40.